The fourth-order valence-electron chi connectivity index (χ4n) is 1.66. The van der Waals surface area contributed by atoms with Crippen molar-refractivity contribution in [3.63, 3.8) is 0 Å². The molecule has 0 unspecified atom stereocenters. The van der Waals surface area contributed by atoms with Crippen molar-refractivity contribution in [3.05, 3.63) is 71.8 Å². The number of hydrogen-bond acceptors (Lipinski definition) is 6. The van der Waals surface area contributed by atoms with E-state index in [2.05, 4.69) is 35.2 Å². The van der Waals surface area contributed by atoms with E-state index in [-0.39, 0.29) is 0 Å². The fraction of sp³-hybridized carbons (Fsp3) is 0.333. The Bertz CT molecular complexity index is 615. The molecule has 2 aromatic carbocycles. The molecule has 2 aromatic rings. The topological polar surface area (TPSA) is 117 Å². The molecule has 0 aliphatic carbocycles. The number of hydrogen-bond donors (Lipinski definition) is 4. The summed E-state index contributed by atoms with van der Waals surface area (Å²) in [5.41, 5.74) is 8.18. The highest BCUT2D eigenvalue weighted by Gasteiger charge is 1.88. The molecule has 9 heteroatoms. The van der Waals surface area contributed by atoms with Crippen LogP contribution in [0.1, 0.15) is 25.0 Å². The first-order valence-electron chi connectivity index (χ1n) is 8.33. The van der Waals surface area contributed by atoms with E-state index >= 15 is 0 Å². The van der Waals surface area contributed by atoms with Gasteiger partial charge in [-0.25, -0.2) is 0 Å². The summed E-state index contributed by atoms with van der Waals surface area (Å²) in [5, 5.41) is 0. The van der Waals surface area contributed by atoms with Crippen LogP contribution in [0.5, 0.6) is 0 Å². The first-order chi connectivity index (χ1) is 12.9. The van der Waals surface area contributed by atoms with Crippen LogP contribution in [0.15, 0.2) is 60.7 Å². The summed E-state index contributed by atoms with van der Waals surface area (Å²) in [5.74, 6) is 0. The summed E-state index contributed by atoms with van der Waals surface area (Å²) in [4.78, 5) is 9.97. The zero-order chi connectivity index (χ0) is 20.4. The molecule has 0 heterocycles. The average Bonchev–Trinajstić information content (AvgIpc) is 2.63. The minimum atomic E-state index is -4.67. The molecule has 0 spiro atoms. The molecule has 152 valence electrons. The predicted molar refractivity (Wildman–Crippen MR) is 104 cm³/mol. The number of benzene rings is 2. The van der Waals surface area contributed by atoms with E-state index in [9.17, 15) is 0 Å². The van der Waals surface area contributed by atoms with E-state index in [4.69, 9.17) is 27.2 Å². The van der Waals surface area contributed by atoms with E-state index in [1.165, 1.54) is 11.1 Å². The van der Waals surface area contributed by atoms with Gasteiger partial charge in [0.2, 0.25) is 0 Å². The van der Waals surface area contributed by atoms with Crippen LogP contribution < -0.4 is 11.0 Å². The maximum atomic E-state index is 8.74. The zero-order valence-corrected chi connectivity index (χ0v) is 16.4. The van der Waals surface area contributed by atoms with Crippen LogP contribution in [0.25, 0.3) is 0 Å². The van der Waals surface area contributed by atoms with Gasteiger partial charge in [0.15, 0.2) is 0 Å². The summed E-state index contributed by atoms with van der Waals surface area (Å²) in [7, 11) is -4.67. The summed E-state index contributed by atoms with van der Waals surface area (Å²) in [6.07, 6.45) is 0. The lowest BCUT2D eigenvalue weighted by Gasteiger charge is -2.02. The molecular formula is C18H28N2O6S. The van der Waals surface area contributed by atoms with E-state index in [1.54, 1.807) is 0 Å². The van der Waals surface area contributed by atoms with Gasteiger partial charge in [0, 0.05) is 13.1 Å². The summed E-state index contributed by atoms with van der Waals surface area (Å²) in [6, 6.07) is 20.3. The molecular weight excluding hydrogens is 372 g/mol. The van der Waals surface area contributed by atoms with Crippen LogP contribution in [0.3, 0.4) is 0 Å². The van der Waals surface area contributed by atoms with Crippen LogP contribution >= 0.6 is 0 Å². The number of rotatable bonds is 8. The molecule has 2 rings (SSSR count). The van der Waals surface area contributed by atoms with Crippen molar-refractivity contribution in [2.45, 2.75) is 26.9 Å². The van der Waals surface area contributed by atoms with Crippen molar-refractivity contribution < 1.29 is 27.2 Å². The molecule has 0 saturated carbocycles. The van der Waals surface area contributed by atoms with Crippen molar-refractivity contribution in [1.29, 1.82) is 0 Å². The van der Waals surface area contributed by atoms with Gasteiger partial charge < -0.3 is 9.68 Å². The molecule has 0 aromatic heterocycles. The highest BCUT2D eigenvalue weighted by molar-refractivity contribution is 7.79. The molecule has 0 aliphatic heterocycles. The van der Waals surface area contributed by atoms with Crippen LogP contribution in [0, 0.1) is 0 Å². The standard InChI is InChI=1S/2C9H13NO.H2O4S/c2*1-2-11-10-8-9-6-4-3-5-7-9;1-5(2,3)4/h2*3-7,10H,2,8H2,1H3;(H2,1,2,3,4). The van der Waals surface area contributed by atoms with Gasteiger partial charge in [-0.3, -0.25) is 9.11 Å². The third kappa shape index (κ3) is 20.3. The van der Waals surface area contributed by atoms with Crippen molar-refractivity contribution >= 4 is 10.4 Å². The van der Waals surface area contributed by atoms with Crippen LogP contribution in [-0.4, -0.2) is 30.7 Å². The average molecular weight is 400 g/mol. The molecule has 0 atom stereocenters. The highest BCUT2D eigenvalue weighted by Crippen LogP contribution is 1.97. The number of hydroxylamine groups is 2. The van der Waals surface area contributed by atoms with Crippen LogP contribution in [0.2, 0.25) is 0 Å². The first-order valence-corrected chi connectivity index (χ1v) is 9.73. The molecule has 0 bridgehead atoms. The SMILES string of the molecule is CCONCc1ccccc1.CCONCc1ccccc1.O=S(=O)(O)O. The van der Waals surface area contributed by atoms with Gasteiger partial charge >= 0.3 is 10.4 Å². The van der Waals surface area contributed by atoms with Crippen LogP contribution in [-0.2, 0) is 33.2 Å². The molecule has 8 nitrogen and oxygen atoms in total. The second-order valence-corrected chi connectivity index (χ2v) is 5.82. The summed E-state index contributed by atoms with van der Waals surface area (Å²) in [6.45, 7) is 6.86. The Balaban J connectivity index is 0.000000405. The second-order valence-electron chi connectivity index (χ2n) is 4.93. The molecule has 0 amide bonds. The first kappa shape index (κ1) is 25.1. The Labute approximate surface area is 161 Å². The minimum absolute atomic E-state index is 0.701. The fourth-order valence-corrected chi connectivity index (χ4v) is 1.66. The van der Waals surface area contributed by atoms with Crippen molar-refractivity contribution in [2.24, 2.45) is 0 Å². The summed E-state index contributed by atoms with van der Waals surface area (Å²) >= 11 is 0. The van der Waals surface area contributed by atoms with Gasteiger partial charge in [0.05, 0.1) is 13.2 Å². The summed E-state index contributed by atoms with van der Waals surface area (Å²) < 4.78 is 31.6. The smallest absolute Gasteiger partial charge is 0.302 e. The van der Waals surface area contributed by atoms with Crippen LogP contribution in [0.4, 0.5) is 0 Å². The minimum Gasteiger partial charge on any atom is -0.302 e. The maximum absolute atomic E-state index is 8.74. The van der Waals surface area contributed by atoms with Gasteiger partial charge in [-0.15, -0.1) is 0 Å². The molecule has 0 radical (unpaired) electrons. The van der Waals surface area contributed by atoms with Gasteiger partial charge in [-0.1, -0.05) is 60.7 Å². The lowest BCUT2D eigenvalue weighted by atomic mass is 10.2. The van der Waals surface area contributed by atoms with Gasteiger partial charge in [0.1, 0.15) is 0 Å². The van der Waals surface area contributed by atoms with Crippen molar-refractivity contribution in [1.82, 2.24) is 11.0 Å². The quantitative estimate of drug-likeness (QED) is 0.304. The third-order valence-electron chi connectivity index (χ3n) is 2.73. The van der Waals surface area contributed by atoms with E-state index in [0.717, 1.165) is 13.1 Å². The van der Waals surface area contributed by atoms with Gasteiger partial charge in [-0.2, -0.15) is 19.4 Å². The lowest BCUT2D eigenvalue weighted by molar-refractivity contribution is 0.0462. The highest BCUT2D eigenvalue weighted by atomic mass is 32.3. The van der Waals surface area contributed by atoms with E-state index < -0.39 is 10.4 Å². The van der Waals surface area contributed by atoms with Crippen molar-refractivity contribution in [2.75, 3.05) is 13.2 Å². The Hall–Kier alpha value is -1.85. The Morgan fingerprint density at radius 1 is 0.741 bits per heavy atom. The third-order valence-corrected chi connectivity index (χ3v) is 2.73. The predicted octanol–water partition coefficient (Wildman–Crippen LogP) is 2.80. The monoisotopic (exact) mass is 400 g/mol. The number of nitrogens with one attached hydrogen (secondary N) is 2. The largest absolute Gasteiger partial charge is 0.394 e. The lowest BCUT2D eigenvalue weighted by Crippen LogP contribution is -2.13. The van der Waals surface area contributed by atoms with E-state index in [0.29, 0.717) is 13.2 Å². The second kappa shape index (κ2) is 16.3. The molecule has 0 aliphatic rings. The normalized spacial score (nSPS) is 10.2. The Morgan fingerprint density at radius 2 is 1.04 bits per heavy atom. The molecule has 0 saturated heterocycles. The molecule has 4 N–H and O–H groups in total. The molecule has 0 fully saturated rings. The molecule has 27 heavy (non-hydrogen) atoms. The van der Waals surface area contributed by atoms with Gasteiger partial charge in [-0.05, 0) is 25.0 Å². The Morgan fingerprint density at radius 3 is 1.30 bits per heavy atom. The van der Waals surface area contributed by atoms with Crippen molar-refractivity contribution in [3.8, 4) is 0 Å². The Kier molecular flexibility index (Phi) is 15.2. The zero-order valence-electron chi connectivity index (χ0n) is 15.5. The van der Waals surface area contributed by atoms with Gasteiger partial charge in [0.25, 0.3) is 0 Å². The maximum Gasteiger partial charge on any atom is 0.394 e. The van der Waals surface area contributed by atoms with E-state index in [1.807, 2.05) is 50.2 Å².